The molecule has 4 nitrogen and oxygen atoms in total. The SMILES string of the molecule is CCCCNC(=O)[C@@H](Cc1ccccc1)N(Cc1ccccc1C)C(=O)CCc1ccc(C(C)(C)C)cc1. The highest BCUT2D eigenvalue weighted by atomic mass is 16.2. The Labute approximate surface area is 229 Å². The van der Waals surface area contributed by atoms with E-state index in [1.54, 1.807) is 4.90 Å². The van der Waals surface area contributed by atoms with E-state index in [-0.39, 0.29) is 17.2 Å². The largest absolute Gasteiger partial charge is 0.354 e. The van der Waals surface area contributed by atoms with Gasteiger partial charge in [0, 0.05) is 25.9 Å². The molecule has 0 aliphatic rings. The summed E-state index contributed by atoms with van der Waals surface area (Å²) in [6.07, 6.45) is 3.40. The molecule has 4 heteroatoms. The second-order valence-corrected chi connectivity index (χ2v) is 11.2. The van der Waals surface area contributed by atoms with Gasteiger partial charge in [-0.1, -0.05) is 113 Å². The molecule has 0 aliphatic carbocycles. The van der Waals surface area contributed by atoms with E-state index in [9.17, 15) is 9.59 Å². The molecule has 0 aliphatic heterocycles. The minimum absolute atomic E-state index is 0.000256. The van der Waals surface area contributed by atoms with Gasteiger partial charge in [0.15, 0.2) is 0 Å². The fourth-order valence-corrected chi connectivity index (χ4v) is 4.60. The maximum atomic E-state index is 13.9. The van der Waals surface area contributed by atoms with Gasteiger partial charge in [0.05, 0.1) is 0 Å². The van der Waals surface area contributed by atoms with Crippen LogP contribution in [0.25, 0.3) is 0 Å². The van der Waals surface area contributed by atoms with Crippen molar-refractivity contribution in [2.24, 2.45) is 0 Å². The van der Waals surface area contributed by atoms with E-state index in [0.717, 1.165) is 35.1 Å². The van der Waals surface area contributed by atoms with Crippen LogP contribution >= 0.6 is 0 Å². The molecule has 3 rings (SSSR count). The fraction of sp³-hybridized carbons (Fsp3) is 0.412. The molecule has 1 atom stereocenters. The zero-order valence-electron chi connectivity index (χ0n) is 23.8. The van der Waals surface area contributed by atoms with Crippen molar-refractivity contribution in [3.05, 3.63) is 107 Å². The van der Waals surface area contributed by atoms with Crippen LogP contribution in [0.4, 0.5) is 0 Å². The lowest BCUT2D eigenvalue weighted by Crippen LogP contribution is -2.50. The molecule has 2 amide bonds. The first kappa shape index (κ1) is 29.2. The summed E-state index contributed by atoms with van der Waals surface area (Å²) in [6.45, 7) is 11.8. The van der Waals surface area contributed by atoms with Crippen molar-refractivity contribution in [3.63, 3.8) is 0 Å². The molecule has 3 aromatic carbocycles. The van der Waals surface area contributed by atoms with E-state index in [0.29, 0.717) is 32.4 Å². The smallest absolute Gasteiger partial charge is 0.243 e. The second-order valence-electron chi connectivity index (χ2n) is 11.2. The van der Waals surface area contributed by atoms with Gasteiger partial charge in [-0.05, 0) is 53.0 Å². The number of hydrogen-bond acceptors (Lipinski definition) is 2. The molecule has 0 aromatic heterocycles. The molecule has 0 spiro atoms. The predicted molar refractivity (Wildman–Crippen MR) is 157 cm³/mol. The molecule has 1 N–H and O–H groups in total. The lowest BCUT2D eigenvalue weighted by Gasteiger charge is -2.32. The summed E-state index contributed by atoms with van der Waals surface area (Å²) < 4.78 is 0. The van der Waals surface area contributed by atoms with Gasteiger partial charge in [0.25, 0.3) is 0 Å². The van der Waals surface area contributed by atoms with Crippen LogP contribution in [0.1, 0.15) is 74.8 Å². The maximum absolute atomic E-state index is 13.9. The molecule has 0 fully saturated rings. The first-order valence-electron chi connectivity index (χ1n) is 13.9. The molecule has 3 aromatic rings. The molecule has 0 radical (unpaired) electrons. The zero-order valence-corrected chi connectivity index (χ0v) is 23.8. The number of carbonyl (C=O) groups is 2. The second kappa shape index (κ2) is 13.9. The lowest BCUT2D eigenvalue weighted by molar-refractivity contribution is -0.141. The van der Waals surface area contributed by atoms with E-state index >= 15 is 0 Å². The van der Waals surface area contributed by atoms with Gasteiger partial charge >= 0.3 is 0 Å². The van der Waals surface area contributed by atoms with Gasteiger partial charge < -0.3 is 10.2 Å². The van der Waals surface area contributed by atoms with Gasteiger partial charge in [0.2, 0.25) is 11.8 Å². The Bertz CT molecular complexity index is 1160. The summed E-state index contributed by atoms with van der Waals surface area (Å²) >= 11 is 0. The van der Waals surface area contributed by atoms with Gasteiger partial charge in [-0.25, -0.2) is 0 Å². The van der Waals surface area contributed by atoms with Crippen LogP contribution in [-0.2, 0) is 34.4 Å². The number of hydrogen-bond donors (Lipinski definition) is 1. The summed E-state index contributed by atoms with van der Waals surface area (Å²) in [4.78, 5) is 29.2. The standard InChI is InChI=1S/C34H44N2O2/c1-6-7-23-35-33(38)31(24-28-14-9-8-10-15-28)36(25-29-16-12-11-13-26(29)2)32(37)22-19-27-17-20-30(21-18-27)34(3,4)5/h8-18,20-21,31H,6-7,19,22-25H2,1-5H3,(H,35,38)/t31-/m1/s1. The number of rotatable bonds is 12. The molecule has 0 saturated heterocycles. The van der Waals surface area contributed by atoms with Crippen LogP contribution < -0.4 is 5.32 Å². The Hall–Kier alpha value is -3.40. The van der Waals surface area contributed by atoms with Crippen molar-refractivity contribution < 1.29 is 9.59 Å². The fourth-order valence-electron chi connectivity index (χ4n) is 4.60. The number of aryl methyl sites for hydroxylation is 2. The molecular weight excluding hydrogens is 468 g/mol. The molecule has 38 heavy (non-hydrogen) atoms. The van der Waals surface area contributed by atoms with Crippen LogP contribution in [0.3, 0.4) is 0 Å². The molecule has 0 heterocycles. The van der Waals surface area contributed by atoms with Crippen molar-refractivity contribution in [2.45, 2.75) is 84.7 Å². The minimum atomic E-state index is -0.579. The Morgan fingerprint density at radius 1 is 0.868 bits per heavy atom. The molecule has 202 valence electrons. The van der Waals surface area contributed by atoms with E-state index in [4.69, 9.17) is 0 Å². The molecule has 0 bridgehead atoms. The third-order valence-corrected chi connectivity index (χ3v) is 7.15. The quantitative estimate of drug-likeness (QED) is 0.272. The van der Waals surface area contributed by atoms with Crippen molar-refractivity contribution in [2.75, 3.05) is 6.54 Å². The van der Waals surface area contributed by atoms with Crippen molar-refractivity contribution in [1.82, 2.24) is 10.2 Å². The van der Waals surface area contributed by atoms with Crippen LogP contribution in [0, 0.1) is 6.92 Å². The molecule has 0 unspecified atom stereocenters. The average Bonchev–Trinajstić information content (AvgIpc) is 2.90. The van der Waals surface area contributed by atoms with Gasteiger partial charge in [-0.2, -0.15) is 0 Å². The van der Waals surface area contributed by atoms with Crippen molar-refractivity contribution in [1.29, 1.82) is 0 Å². The Morgan fingerprint density at radius 2 is 1.53 bits per heavy atom. The van der Waals surface area contributed by atoms with E-state index in [1.807, 2.05) is 42.5 Å². The lowest BCUT2D eigenvalue weighted by atomic mass is 9.86. The zero-order chi connectivity index (χ0) is 27.5. The number of nitrogens with one attached hydrogen (secondary N) is 1. The summed E-state index contributed by atoms with van der Waals surface area (Å²) in [6, 6.07) is 26.1. The Balaban J connectivity index is 1.87. The average molecular weight is 513 g/mol. The third-order valence-electron chi connectivity index (χ3n) is 7.15. The highest BCUT2D eigenvalue weighted by Crippen LogP contribution is 2.23. The summed E-state index contributed by atoms with van der Waals surface area (Å²) in [7, 11) is 0. The highest BCUT2D eigenvalue weighted by molar-refractivity contribution is 5.88. The number of unbranched alkanes of at least 4 members (excludes halogenated alkanes) is 1. The third kappa shape index (κ3) is 8.58. The number of carbonyl (C=O) groups excluding carboxylic acids is 2. The Morgan fingerprint density at radius 3 is 2.16 bits per heavy atom. The first-order valence-corrected chi connectivity index (χ1v) is 13.9. The predicted octanol–water partition coefficient (Wildman–Crippen LogP) is 6.78. The van der Waals surface area contributed by atoms with Crippen LogP contribution in [0.5, 0.6) is 0 Å². The summed E-state index contributed by atoms with van der Waals surface area (Å²) in [5.41, 5.74) is 5.73. The van der Waals surface area contributed by atoms with E-state index < -0.39 is 6.04 Å². The highest BCUT2D eigenvalue weighted by Gasteiger charge is 2.30. The Kier molecular flexibility index (Phi) is 10.7. The van der Waals surface area contributed by atoms with Gasteiger partial charge in [-0.3, -0.25) is 9.59 Å². The summed E-state index contributed by atoms with van der Waals surface area (Å²) in [5, 5.41) is 3.10. The van der Waals surface area contributed by atoms with E-state index in [1.165, 1.54) is 5.56 Å². The summed E-state index contributed by atoms with van der Waals surface area (Å²) in [5.74, 6) is -0.0847. The maximum Gasteiger partial charge on any atom is 0.243 e. The number of amides is 2. The minimum Gasteiger partial charge on any atom is -0.354 e. The number of nitrogens with zero attached hydrogens (tertiary/aromatic N) is 1. The number of benzene rings is 3. The molecular formula is C34H44N2O2. The van der Waals surface area contributed by atoms with Crippen LogP contribution in [0.15, 0.2) is 78.9 Å². The van der Waals surface area contributed by atoms with Gasteiger partial charge in [0.1, 0.15) is 6.04 Å². The topological polar surface area (TPSA) is 49.4 Å². The van der Waals surface area contributed by atoms with Crippen molar-refractivity contribution >= 4 is 11.8 Å². The van der Waals surface area contributed by atoms with Crippen molar-refractivity contribution in [3.8, 4) is 0 Å². The normalized spacial score (nSPS) is 12.1. The molecule has 0 saturated carbocycles. The van der Waals surface area contributed by atoms with Crippen LogP contribution in [0.2, 0.25) is 0 Å². The monoisotopic (exact) mass is 512 g/mol. The van der Waals surface area contributed by atoms with Crippen LogP contribution in [-0.4, -0.2) is 29.3 Å². The van der Waals surface area contributed by atoms with E-state index in [2.05, 4.69) is 76.3 Å². The first-order chi connectivity index (χ1) is 18.2. The van der Waals surface area contributed by atoms with Gasteiger partial charge in [-0.15, -0.1) is 0 Å².